The van der Waals surface area contributed by atoms with E-state index >= 15 is 0 Å². The maximum Gasteiger partial charge on any atom is 0.319 e. The molecule has 0 heterocycles. The van der Waals surface area contributed by atoms with Crippen molar-refractivity contribution in [3.05, 3.63) is 0 Å². The first-order valence-corrected chi connectivity index (χ1v) is 8.35. The van der Waals surface area contributed by atoms with Crippen molar-refractivity contribution in [1.29, 1.82) is 0 Å². The predicted molar refractivity (Wildman–Crippen MR) is 81.7 cm³/mol. The molecule has 0 saturated heterocycles. The number of carbonyl (C=O) groups is 2. The molecule has 21 heavy (non-hydrogen) atoms. The molecule has 0 aromatic rings. The molecule has 0 N–H and O–H groups in total. The van der Waals surface area contributed by atoms with Crippen LogP contribution in [0.5, 0.6) is 0 Å². The summed E-state index contributed by atoms with van der Waals surface area (Å²) in [6.07, 6.45) is -0.944. The Kier molecular flexibility index (Phi) is 8.44. The van der Waals surface area contributed by atoms with Crippen LogP contribution in [0.2, 0.25) is 0 Å². The van der Waals surface area contributed by atoms with Gasteiger partial charge < -0.3 is 4.74 Å². The Morgan fingerprint density at radius 3 is 2.10 bits per heavy atom. The normalized spacial score (nSPS) is 16.4. The zero-order chi connectivity index (χ0) is 16.8. The Morgan fingerprint density at radius 2 is 1.76 bits per heavy atom. The van der Waals surface area contributed by atoms with E-state index in [0.717, 1.165) is 11.8 Å². The number of hydrogen-bond donors (Lipinski definition) is 0. The highest BCUT2D eigenvalue weighted by molar-refractivity contribution is 7.99. The molecule has 0 aromatic heterocycles. The van der Waals surface area contributed by atoms with Gasteiger partial charge >= 0.3 is 5.97 Å². The van der Waals surface area contributed by atoms with Crippen molar-refractivity contribution >= 4 is 23.5 Å². The van der Waals surface area contributed by atoms with Crippen LogP contribution in [0.3, 0.4) is 0 Å². The monoisotopic (exact) mass is 324 g/mol. The fourth-order valence-corrected chi connectivity index (χ4v) is 2.90. The first-order chi connectivity index (χ1) is 9.56. The molecule has 124 valence electrons. The van der Waals surface area contributed by atoms with E-state index in [-0.39, 0.29) is 18.8 Å². The zero-order valence-electron chi connectivity index (χ0n) is 13.6. The average molecular weight is 324 g/mol. The Labute approximate surface area is 130 Å². The lowest BCUT2D eigenvalue weighted by Gasteiger charge is -2.30. The quantitative estimate of drug-likeness (QED) is 0.637. The predicted octanol–water partition coefficient (Wildman–Crippen LogP) is 3.80. The number of carbonyl (C=O) groups excluding carboxylic acids is 2. The van der Waals surface area contributed by atoms with Gasteiger partial charge in [-0.15, -0.1) is 11.8 Å². The summed E-state index contributed by atoms with van der Waals surface area (Å²) in [5, 5.41) is -0.750. The average Bonchev–Trinajstić information content (AvgIpc) is 2.36. The maximum atomic E-state index is 13.1. The van der Waals surface area contributed by atoms with Crippen molar-refractivity contribution in [2.45, 2.75) is 52.7 Å². The Hall–Kier alpha value is -0.650. The van der Waals surface area contributed by atoms with Crippen LogP contribution in [-0.2, 0) is 14.3 Å². The Morgan fingerprint density at radius 1 is 1.24 bits per heavy atom. The molecule has 0 aliphatic carbocycles. The van der Waals surface area contributed by atoms with Gasteiger partial charge in [-0.3, -0.25) is 9.59 Å². The van der Waals surface area contributed by atoms with Gasteiger partial charge in [0.25, 0.3) is 0 Å². The molecule has 0 saturated carbocycles. The van der Waals surface area contributed by atoms with Gasteiger partial charge in [0, 0.05) is 17.8 Å². The number of esters is 1. The summed E-state index contributed by atoms with van der Waals surface area (Å²) in [6, 6.07) is 0. The second-order valence-electron chi connectivity index (χ2n) is 6.14. The third-order valence-corrected chi connectivity index (χ3v) is 4.54. The van der Waals surface area contributed by atoms with Crippen molar-refractivity contribution in [2.75, 3.05) is 12.9 Å². The molecular weight excluding hydrogens is 298 g/mol. The van der Waals surface area contributed by atoms with Crippen LogP contribution in [0.1, 0.15) is 41.0 Å². The lowest BCUT2D eigenvalue weighted by atomic mass is 9.79. The van der Waals surface area contributed by atoms with Crippen LogP contribution in [0.25, 0.3) is 0 Å². The summed E-state index contributed by atoms with van der Waals surface area (Å²) in [6.45, 7) is 8.49. The molecule has 0 aliphatic heterocycles. The summed E-state index contributed by atoms with van der Waals surface area (Å²) in [5.41, 5.74) is -0.613. The lowest BCUT2D eigenvalue weighted by molar-refractivity contribution is -0.144. The standard InChI is InChI=1S/C15H26F2O3S/c1-7-20-14(19)12(21-6)10(9(2)13(16)17)8-11(18)15(3,4)5/h9-10,12-13H,7-8H2,1-6H3/t9-,10+,12-/m0/s1. The van der Waals surface area contributed by atoms with Crippen LogP contribution in [0, 0.1) is 17.3 Å². The summed E-state index contributed by atoms with van der Waals surface area (Å²) >= 11 is 1.16. The van der Waals surface area contributed by atoms with Crippen LogP contribution >= 0.6 is 11.8 Å². The van der Waals surface area contributed by atoms with Crippen molar-refractivity contribution in [3.63, 3.8) is 0 Å². The van der Waals surface area contributed by atoms with E-state index in [1.807, 2.05) is 0 Å². The van der Waals surface area contributed by atoms with Gasteiger partial charge in [-0.1, -0.05) is 27.7 Å². The van der Waals surface area contributed by atoms with Crippen LogP contribution in [0.15, 0.2) is 0 Å². The maximum absolute atomic E-state index is 13.1. The minimum atomic E-state index is -2.58. The first-order valence-electron chi connectivity index (χ1n) is 7.07. The number of ketones is 1. The summed E-state index contributed by atoms with van der Waals surface area (Å²) in [7, 11) is 0. The number of rotatable bonds is 8. The van der Waals surface area contributed by atoms with E-state index in [9.17, 15) is 18.4 Å². The molecule has 0 aliphatic rings. The van der Waals surface area contributed by atoms with Crippen molar-refractivity contribution < 1.29 is 23.1 Å². The molecule has 0 rings (SSSR count). The van der Waals surface area contributed by atoms with Gasteiger partial charge in [0.2, 0.25) is 6.43 Å². The molecule has 0 amide bonds. The van der Waals surface area contributed by atoms with E-state index in [4.69, 9.17) is 4.74 Å². The van der Waals surface area contributed by atoms with Gasteiger partial charge in [-0.05, 0) is 19.1 Å². The molecule has 3 nitrogen and oxygen atoms in total. The van der Waals surface area contributed by atoms with E-state index < -0.39 is 34.9 Å². The van der Waals surface area contributed by atoms with E-state index in [1.165, 1.54) is 6.92 Å². The molecule has 3 atom stereocenters. The van der Waals surface area contributed by atoms with Gasteiger partial charge in [0.15, 0.2) is 0 Å². The first kappa shape index (κ1) is 20.3. The highest BCUT2D eigenvalue weighted by Crippen LogP contribution is 2.34. The minimum Gasteiger partial charge on any atom is -0.465 e. The Bertz CT molecular complexity index is 353. The molecule has 0 bridgehead atoms. The molecule has 0 fully saturated rings. The van der Waals surface area contributed by atoms with Gasteiger partial charge in [-0.2, -0.15) is 0 Å². The van der Waals surface area contributed by atoms with E-state index in [2.05, 4.69) is 0 Å². The number of hydrogen-bond acceptors (Lipinski definition) is 4. The molecule has 0 unspecified atom stereocenters. The zero-order valence-corrected chi connectivity index (χ0v) is 14.4. The summed E-state index contributed by atoms with van der Waals surface area (Å²) in [5.74, 6) is -2.42. The molecule has 0 radical (unpaired) electrons. The topological polar surface area (TPSA) is 43.4 Å². The number of halogens is 2. The third kappa shape index (κ3) is 6.32. The smallest absolute Gasteiger partial charge is 0.319 e. The molecular formula is C15H26F2O3S. The number of alkyl halides is 2. The molecule has 6 heteroatoms. The highest BCUT2D eigenvalue weighted by atomic mass is 32.2. The summed E-state index contributed by atoms with van der Waals surface area (Å²) in [4.78, 5) is 24.2. The van der Waals surface area contributed by atoms with E-state index in [0.29, 0.717) is 0 Å². The van der Waals surface area contributed by atoms with Crippen LogP contribution in [-0.4, -0.2) is 36.3 Å². The van der Waals surface area contributed by atoms with Crippen molar-refractivity contribution in [2.24, 2.45) is 17.3 Å². The summed E-state index contributed by atoms with van der Waals surface area (Å²) < 4.78 is 31.2. The highest BCUT2D eigenvalue weighted by Gasteiger charge is 2.39. The number of ether oxygens (including phenoxy) is 1. The van der Waals surface area contributed by atoms with Crippen LogP contribution < -0.4 is 0 Å². The molecule has 0 aromatic carbocycles. The van der Waals surface area contributed by atoms with Crippen LogP contribution in [0.4, 0.5) is 8.78 Å². The fraction of sp³-hybridized carbons (Fsp3) is 0.867. The fourth-order valence-electron chi connectivity index (χ4n) is 1.95. The number of thioether (sulfide) groups is 1. The number of Topliss-reactive ketones (excluding diaryl/α,β-unsaturated/α-hetero) is 1. The lowest BCUT2D eigenvalue weighted by Crippen LogP contribution is -2.38. The second kappa shape index (κ2) is 8.71. The van der Waals surface area contributed by atoms with E-state index in [1.54, 1.807) is 34.0 Å². The largest absolute Gasteiger partial charge is 0.465 e. The van der Waals surface area contributed by atoms with Gasteiger partial charge in [0.1, 0.15) is 11.0 Å². The van der Waals surface area contributed by atoms with Gasteiger partial charge in [-0.25, -0.2) is 8.78 Å². The SMILES string of the molecule is CCOC(=O)[C@@H](SC)[C@H](CC(=O)C(C)(C)C)[C@H](C)C(F)F. The Balaban J connectivity index is 5.29. The second-order valence-corrected chi connectivity index (χ2v) is 7.12. The minimum absolute atomic E-state index is 0.0423. The van der Waals surface area contributed by atoms with Crippen molar-refractivity contribution in [1.82, 2.24) is 0 Å². The van der Waals surface area contributed by atoms with Gasteiger partial charge in [0.05, 0.1) is 6.61 Å². The third-order valence-electron chi connectivity index (χ3n) is 3.49. The van der Waals surface area contributed by atoms with Crippen molar-refractivity contribution in [3.8, 4) is 0 Å². The molecule has 0 spiro atoms.